The molecule has 0 atom stereocenters. The van der Waals surface area contributed by atoms with Crippen LogP contribution in [0.4, 0.5) is 5.82 Å². The number of rotatable bonds is 2. The zero-order valence-corrected chi connectivity index (χ0v) is 8.04. The maximum atomic E-state index is 10.1. The highest BCUT2D eigenvalue weighted by Gasteiger charge is 1.99. The highest BCUT2D eigenvalue weighted by molar-refractivity contribution is 7.73. The molecule has 0 aromatic carbocycles. The highest BCUT2D eigenvalue weighted by atomic mass is 32.1. The zero-order valence-electron chi connectivity index (χ0n) is 6.40. The van der Waals surface area contributed by atoms with Crippen molar-refractivity contribution in [1.82, 2.24) is 9.97 Å². The molecule has 0 bridgehead atoms. The standard InChI is InChI=1S/C7H5N3OS2/c11-3-8-5-2-1-4-6(10-5)13-7(12)9-4/h1-3H,(H,9,12)(H,8,10,11). The minimum Gasteiger partial charge on any atom is -0.336 e. The van der Waals surface area contributed by atoms with Crippen molar-refractivity contribution >= 4 is 46.1 Å². The summed E-state index contributed by atoms with van der Waals surface area (Å²) in [6.07, 6.45) is 0.597. The summed E-state index contributed by atoms with van der Waals surface area (Å²) in [6, 6.07) is 3.55. The van der Waals surface area contributed by atoms with Gasteiger partial charge in [0.25, 0.3) is 0 Å². The van der Waals surface area contributed by atoms with E-state index in [0.29, 0.717) is 16.2 Å². The molecule has 2 N–H and O–H groups in total. The lowest BCUT2D eigenvalue weighted by Crippen LogP contribution is -1.95. The van der Waals surface area contributed by atoms with E-state index in [0.717, 1.165) is 10.3 Å². The summed E-state index contributed by atoms with van der Waals surface area (Å²) in [4.78, 5) is 18.1. The Hall–Kier alpha value is -1.27. The van der Waals surface area contributed by atoms with E-state index in [1.165, 1.54) is 11.3 Å². The number of nitrogens with zero attached hydrogens (tertiary/aromatic N) is 1. The number of hydrogen-bond donors (Lipinski definition) is 2. The van der Waals surface area contributed by atoms with Gasteiger partial charge in [-0.15, -0.1) is 0 Å². The molecule has 0 fully saturated rings. The first-order valence-electron chi connectivity index (χ1n) is 3.49. The van der Waals surface area contributed by atoms with Crippen molar-refractivity contribution in [2.45, 2.75) is 0 Å². The van der Waals surface area contributed by atoms with Crippen molar-refractivity contribution in [2.75, 3.05) is 5.32 Å². The molecular formula is C7H5N3OS2. The van der Waals surface area contributed by atoms with E-state index < -0.39 is 0 Å². The van der Waals surface area contributed by atoms with Gasteiger partial charge in [0.2, 0.25) is 6.41 Å². The molecule has 66 valence electrons. The number of pyridine rings is 1. The molecule has 2 aromatic rings. The number of aromatic nitrogens is 2. The van der Waals surface area contributed by atoms with Crippen LogP contribution in [0.1, 0.15) is 0 Å². The third-order valence-electron chi connectivity index (χ3n) is 1.49. The number of thiazole rings is 1. The van der Waals surface area contributed by atoms with Crippen molar-refractivity contribution in [1.29, 1.82) is 0 Å². The number of carbonyl (C=O) groups excluding carboxylic acids is 1. The molecule has 0 radical (unpaired) electrons. The quantitative estimate of drug-likeness (QED) is 0.589. The van der Waals surface area contributed by atoms with Crippen LogP contribution in [0.3, 0.4) is 0 Å². The van der Waals surface area contributed by atoms with Crippen LogP contribution in [0.25, 0.3) is 10.3 Å². The second kappa shape index (κ2) is 3.23. The van der Waals surface area contributed by atoms with E-state index in [4.69, 9.17) is 12.2 Å². The van der Waals surface area contributed by atoms with Crippen LogP contribution >= 0.6 is 23.6 Å². The van der Waals surface area contributed by atoms with Crippen molar-refractivity contribution in [2.24, 2.45) is 0 Å². The van der Waals surface area contributed by atoms with E-state index in [1.807, 2.05) is 6.07 Å². The van der Waals surface area contributed by atoms with Gasteiger partial charge in [-0.1, -0.05) is 11.3 Å². The predicted molar refractivity (Wildman–Crippen MR) is 54.5 cm³/mol. The third-order valence-corrected chi connectivity index (χ3v) is 2.64. The fourth-order valence-electron chi connectivity index (χ4n) is 0.977. The summed E-state index contributed by atoms with van der Waals surface area (Å²) in [5, 5.41) is 2.48. The minimum atomic E-state index is 0.535. The Kier molecular flexibility index (Phi) is 2.07. The summed E-state index contributed by atoms with van der Waals surface area (Å²) in [5.41, 5.74) is 0.895. The molecule has 4 nitrogen and oxygen atoms in total. The lowest BCUT2D eigenvalue weighted by molar-refractivity contribution is -0.105. The average Bonchev–Trinajstić information content (AvgIpc) is 2.44. The molecule has 0 saturated heterocycles. The first kappa shape index (κ1) is 8.33. The number of nitrogens with one attached hydrogen (secondary N) is 2. The van der Waals surface area contributed by atoms with Crippen LogP contribution in [-0.2, 0) is 4.79 Å². The summed E-state index contributed by atoms with van der Waals surface area (Å²) in [7, 11) is 0. The van der Waals surface area contributed by atoms with Crippen LogP contribution in [0.5, 0.6) is 0 Å². The van der Waals surface area contributed by atoms with Gasteiger partial charge in [-0.2, -0.15) is 0 Å². The van der Waals surface area contributed by atoms with Gasteiger partial charge in [0, 0.05) is 0 Å². The van der Waals surface area contributed by atoms with Crippen LogP contribution < -0.4 is 5.32 Å². The van der Waals surface area contributed by atoms with Gasteiger partial charge in [-0.25, -0.2) is 4.98 Å². The Labute approximate surface area is 82.6 Å². The fourth-order valence-corrected chi connectivity index (χ4v) is 2.03. The molecule has 6 heteroatoms. The Morgan fingerprint density at radius 2 is 2.46 bits per heavy atom. The molecule has 0 aliphatic heterocycles. The molecule has 13 heavy (non-hydrogen) atoms. The summed E-state index contributed by atoms with van der Waals surface area (Å²) >= 11 is 6.34. The molecule has 0 aliphatic carbocycles. The maximum absolute atomic E-state index is 10.1. The van der Waals surface area contributed by atoms with Crippen molar-refractivity contribution < 1.29 is 4.79 Å². The number of hydrogen-bond acceptors (Lipinski definition) is 4. The first-order valence-corrected chi connectivity index (χ1v) is 4.72. The maximum Gasteiger partial charge on any atom is 0.212 e. The predicted octanol–water partition coefficient (Wildman–Crippen LogP) is 1.92. The monoisotopic (exact) mass is 211 g/mol. The number of carbonyl (C=O) groups is 1. The van der Waals surface area contributed by atoms with Crippen molar-refractivity contribution in [3.05, 3.63) is 16.1 Å². The largest absolute Gasteiger partial charge is 0.336 e. The first-order chi connectivity index (χ1) is 6.29. The Bertz CT molecular complexity index is 502. The average molecular weight is 211 g/mol. The summed E-state index contributed by atoms with van der Waals surface area (Å²) < 4.78 is 0.686. The Balaban J connectivity index is 2.60. The number of fused-ring (bicyclic) bond motifs is 1. The molecule has 1 amide bonds. The number of aromatic amines is 1. The van der Waals surface area contributed by atoms with E-state index in [9.17, 15) is 4.79 Å². The molecule has 0 unspecified atom stereocenters. The second-order valence-electron chi connectivity index (χ2n) is 2.33. The summed E-state index contributed by atoms with van der Waals surface area (Å²) in [5.74, 6) is 0.535. The van der Waals surface area contributed by atoms with Crippen LogP contribution in [0, 0.1) is 3.95 Å². The molecule has 0 aliphatic rings. The van der Waals surface area contributed by atoms with Crippen LogP contribution in [0.2, 0.25) is 0 Å². The van der Waals surface area contributed by atoms with Gasteiger partial charge in [0.15, 0.2) is 3.95 Å². The van der Waals surface area contributed by atoms with Gasteiger partial charge in [0.1, 0.15) is 10.6 Å². The van der Waals surface area contributed by atoms with Gasteiger partial charge in [-0.05, 0) is 24.4 Å². The van der Waals surface area contributed by atoms with E-state index in [-0.39, 0.29) is 0 Å². The topological polar surface area (TPSA) is 57.8 Å². The van der Waals surface area contributed by atoms with E-state index in [1.54, 1.807) is 6.07 Å². The minimum absolute atomic E-state index is 0.535. The zero-order chi connectivity index (χ0) is 9.26. The Morgan fingerprint density at radius 3 is 3.23 bits per heavy atom. The van der Waals surface area contributed by atoms with Gasteiger partial charge >= 0.3 is 0 Å². The smallest absolute Gasteiger partial charge is 0.212 e. The van der Waals surface area contributed by atoms with Crippen LogP contribution in [0.15, 0.2) is 12.1 Å². The highest BCUT2D eigenvalue weighted by Crippen LogP contribution is 2.18. The number of H-pyrrole nitrogens is 1. The van der Waals surface area contributed by atoms with Crippen molar-refractivity contribution in [3.63, 3.8) is 0 Å². The number of amides is 1. The van der Waals surface area contributed by atoms with Gasteiger partial charge in [-0.3, -0.25) is 4.79 Å². The molecule has 0 saturated carbocycles. The Morgan fingerprint density at radius 1 is 1.62 bits per heavy atom. The molecular weight excluding hydrogens is 206 g/mol. The van der Waals surface area contributed by atoms with Gasteiger partial charge < -0.3 is 10.3 Å². The SMILES string of the molecule is O=CNc1ccc2[nH]c(=S)sc2n1. The molecule has 2 aromatic heterocycles. The van der Waals surface area contributed by atoms with E-state index >= 15 is 0 Å². The van der Waals surface area contributed by atoms with E-state index in [2.05, 4.69) is 15.3 Å². The third kappa shape index (κ3) is 1.58. The number of anilines is 1. The molecule has 0 spiro atoms. The lowest BCUT2D eigenvalue weighted by Gasteiger charge is -1.95. The second-order valence-corrected chi connectivity index (χ2v) is 3.99. The van der Waals surface area contributed by atoms with Crippen molar-refractivity contribution in [3.8, 4) is 0 Å². The lowest BCUT2D eigenvalue weighted by atomic mass is 10.4. The molecule has 2 heterocycles. The molecule has 2 rings (SSSR count). The van der Waals surface area contributed by atoms with Crippen LogP contribution in [-0.4, -0.2) is 16.4 Å². The normalized spacial score (nSPS) is 10.2. The van der Waals surface area contributed by atoms with Gasteiger partial charge in [0.05, 0.1) is 5.52 Å². The summed E-state index contributed by atoms with van der Waals surface area (Å²) in [6.45, 7) is 0. The fraction of sp³-hybridized carbons (Fsp3) is 0.